The Labute approximate surface area is 160 Å². The van der Waals surface area contributed by atoms with Crippen LogP contribution in [-0.4, -0.2) is 37.5 Å². The van der Waals surface area contributed by atoms with Gasteiger partial charge in [0.1, 0.15) is 0 Å². The number of hydrogen-bond acceptors (Lipinski definition) is 4. The van der Waals surface area contributed by atoms with Crippen LogP contribution < -0.4 is 10.6 Å². The van der Waals surface area contributed by atoms with Gasteiger partial charge in [-0.05, 0) is 65.4 Å². The molecule has 24 heavy (non-hydrogen) atoms. The van der Waals surface area contributed by atoms with Gasteiger partial charge < -0.3 is 10.6 Å². The van der Waals surface area contributed by atoms with Gasteiger partial charge in [0.2, 0.25) is 0 Å². The molecule has 1 aliphatic rings. The van der Waals surface area contributed by atoms with E-state index in [0.29, 0.717) is 6.04 Å². The summed E-state index contributed by atoms with van der Waals surface area (Å²) in [5.41, 5.74) is 0. The Bertz CT molecular complexity index is 647. The summed E-state index contributed by atoms with van der Waals surface area (Å²) in [7, 11) is 1.83. The van der Waals surface area contributed by atoms with E-state index in [1.807, 2.05) is 18.4 Å². The second-order valence-corrected chi connectivity index (χ2v) is 9.31. The van der Waals surface area contributed by atoms with Crippen molar-refractivity contribution in [2.45, 2.75) is 25.4 Å². The van der Waals surface area contributed by atoms with Gasteiger partial charge in [-0.3, -0.25) is 9.89 Å². The standard InChI is InChI=1S/C17H23BrN4S2/c1-19-17(20-11-13-6-7-16(18)24-13)21-12-14(15-5-4-10-23-15)22-8-2-3-9-22/h4-7,10,14H,2-3,8-9,11-12H2,1H3,(H2,19,20,21). The molecule has 1 aliphatic heterocycles. The molecule has 4 nitrogen and oxygen atoms in total. The Hall–Kier alpha value is -0.890. The molecule has 3 rings (SSSR count). The number of hydrogen-bond donors (Lipinski definition) is 2. The van der Waals surface area contributed by atoms with E-state index in [0.717, 1.165) is 22.8 Å². The van der Waals surface area contributed by atoms with Gasteiger partial charge in [0, 0.05) is 23.3 Å². The Morgan fingerprint density at radius 1 is 1.29 bits per heavy atom. The van der Waals surface area contributed by atoms with E-state index >= 15 is 0 Å². The normalized spacial score (nSPS) is 17.2. The van der Waals surface area contributed by atoms with Crippen molar-refractivity contribution in [3.63, 3.8) is 0 Å². The fraction of sp³-hybridized carbons (Fsp3) is 0.471. The number of thiophene rings is 2. The largest absolute Gasteiger partial charge is 0.354 e. The van der Waals surface area contributed by atoms with Gasteiger partial charge in [-0.25, -0.2) is 0 Å². The number of likely N-dealkylation sites (tertiary alicyclic amines) is 1. The number of guanidine groups is 1. The van der Waals surface area contributed by atoms with Crippen molar-refractivity contribution in [3.8, 4) is 0 Å². The lowest BCUT2D eigenvalue weighted by atomic mass is 10.2. The first kappa shape index (κ1) is 17.9. The first-order chi connectivity index (χ1) is 11.8. The average Bonchev–Trinajstić information content (AvgIpc) is 3.33. The van der Waals surface area contributed by atoms with Crippen LogP contribution in [0.5, 0.6) is 0 Å². The zero-order valence-corrected chi connectivity index (χ0v) is 17.0. The van der Waals surface area contributed by atoms with Crippen molar-refractivity contribution in [3.05, 3.63) is 43.2 Å². The Morgan fingerprint density at radius 2 is 2.12 bits per heavy atom. The van der Waals surface area contributed by atoms with Crippen LogP contribution >= 0.6 is 38.6 Å². The highest BCUT2D eigenvalue weighted by molar-refractivity contribution is 9.11. The van der Waals surface area contributed by atoms with E-state index in [9.17, 15) is 0 Å². The van der Waals surface area contributed by atoms with Crippen LogP contribution in [0.2, 0.25) is 0 Å². The van der Waals surface area contributed by atoms with Gasteiger partial charge in [0.25, 0.3) is 0 Å². The molecular weight excluding hydrogens is 404 g/mol. The molecule has 1 unspecified atom stereocenters. The van der Waals surface area contributed by atoms with Crippen molar-refractivity contribution in [2.24, 2.45) is 4.99 Å². The molecule has 0 aliphatic carbocycles. The molecule has 0 bridgehead atoms. The fourth-order valence-corrected chi connectivity index (χ4v) is 5.26. The summed E-state index contributed by atoms with van der Waals surface area (Å²) in [5.74, 6) is 0.861. The number of nitrogens with one attached hydrogen (secondary N) is 2. The van der Waals surface area contributed by atoms with Crippen molar-refractivity contribution >= 4 is 44.6 Å². The third-order valence-electron chi connectivity index (χ3n) is 4.20. The van der Waals surface area contributed by atoms with E-state index < -0.39 is 0 Å². The summed E-state index contributed by atoms with van der Waals surface area (Å²) in [6.07, 6.45) is 2.62. The molecule has 1 fully saturated rings. The van der Waals surface area contributed by atoms with Crippen LogP contribution in [0, 0.1) is 0 Å². The number of aliphatic imine (C=N–C) groups is 1. The SMILES string of the molecule is CN=C(NCc1ccc(Br)s1)NCC(c1cccs1)N1CCCC1. The second-order valence-electron chi connectivity index (χ2n) is 5.79. The summed E-state index contributed by atoms with van der Waals surface area (Å²) >= 11 is 7.10. The summed E-state index contributed by atoms with van der Waals surface area (Å²) in [5, 5.41) is 9.08. The van der Waals surface area contributed by atoms with Crippen molar-refractivity contribution < 1.29 is 0 Å². The number of nitrogens with zero attached hydrogens (tertiary/aromatic N) is 2. The van der Waals surface area contributed by atoms with Gasteiger partial charge in [-0.1, -0.05) is 6.07 Å². The minimum atomic E-state index is 0.432. The average molecular weight is 427 g/mol. The van der Waals surface area contributed by atoms with Gasteiger partial charge in [-0.2, -0.15) is 0 Å². The van der Waals surface area contributed by atoms with E-state index in [4.69, 9.17) is 0 Å². The lowest BCUT2D eigenvalue weighted by Gasteiger charge is -2.27. The molecule has 0 amide bonds. The predicted octanol–water partition coefficient (Wildman–Crippen LogP) is 4.07. The minimum absolute atomic E-state index is 0.432. The van der Waals surface area contributed by atoms with Crippen LogP contribution in [0.25, 0.3) is 0 Å². The summed E-state index contributed by atoms with van der Waals surface area (Å²) in [4.78, 5) is 9.67. The van der Waals surface area contributed by atoms with Crippen LogP contribution in [0.3, 0.4) is 0 Å². The minimum Gasteiger partial charge on any atom is -0.354 e. The molecular formula is C17H23BrN4S2. The smallest absolute Gasteiger partial charge is 0.191 e. The highest BCUT2D eigenvalue weighted by atomic mass is 79.9. The van der Waals surface area contributed by atoms with Gasteiger partial charge >= 0.3 is 0 Å². The van der Waals surface area contributed by atoms with Crippen molar-refractivity contribution in [2.75, 3.05) is 26.7 Å². The lowest BCUT2D eigenvalue weighted by Crippen LogP contribution is -2.42. The molecule has 2 N–H and O–H groups in total. The highest BCUT2D eigenvalue weighted by Crippen LogP contribution is 2.27. The maximum absolute atomic E-state index is 4.36. The predicted molar refractivity (Wildman–Crippen MR) is 108 cm³/mol. The molecule has 1 saturated heterocycles. The fourth-order valence-electron chi connectivity index (χ4n) is 2.98. The van der Waals surface area contributed by atoms with Crippen LogP contribution in [0.4, 0.5) is 0 Å². The van der Waals surface area contributed by atoms with Crippen molar-refractivity contribution in [1.29, 1.82) is 0 Å². The molecule has 0 saturated carbocycles. The maximum Gasteiger partial charge on any atom is 0.191 e. The molecule has 0 spiro atoms. The van der Waals surface area contributed by atoms with Crippen LogP contribution in [0.1, 0.15) is 28.6 Å². The molecule has 7 heteroatoms. The van der Waals surface area contributed by atoms with Gasteiger partial charge in [0.05, 0.1) is 16.4 Å². The molecule has 2 aromatic rings. The number of rotatable bonds is 6. The van der Waals surface area contributed by atoms with E-state index in [2.05, 4.69) is 66.1 Å². The monoisotopic (exact) mass is 426 g/mol. The van der Waals surface area contributed by atoms with Gasteiger partial charge in [-0.15, -0.1) is 22.7 Å². The highest BCUT2D eigenvalue weighted by Gasteiger charge is 2.24. The van der Waals surface area contributed by atoms with Crippen LogP contribution in [0.15, 0.2) is 38.4 Å². The van der Waals surface area contributed by atoms with E-state index in [1.165, 1.54) is 35.7 Å². The van der Waals surface area contributed by atoms with Crippen molar-refractivity contribution in [1.82, 2.24) is 15.5 Å². The van der Waals surface area contributed by atoms with Crippen LogP contribution in [-0.2, 0) is 6.54 Å². The molecule has 130 valence electrons. The molecule has 0 aromatic carbocycles. The number of halogens is 1. The third kappa shape index (κ3) is 4.81. The first-order valence-electron chi connectivity index (χ1n) is 8.22. The molecule has 3 heterocycles. The van der Waals surface area contributed by atoms with E-state index in [1.54, 1.807) is 11.3 Å². The molecule has 2 aromatic heterocycles. The second kappa shape index (κ2) is 8.99. The first-order valence-corrected chi connectivity index (χ1v) is 10.7. The molecule has 0 radical (unpaired) electrons. The van der Waals surface area contributed by atoms with E-state index in [-0.39, 0.29) is 0 Å². The van der Waals surface area contributed by atoms with Gasteiger partial charge in [0.15, 0.2) is 5.96 Å². The topological polar surface area (TPSA) is 39.7 Å². The lowest BCUT2D eigenvalue weighted by molar-refractivity contribution is 0.249. The third-order valence-corrected chi connectivity index (χ3v) is 6.80. The Morgan fingerprint density at radius 3 is 2.75 bits per heavy atom. The maximum atomic E-state index is 4.36. The quantitative estimate of drug-likeness (QED) is 0.539. The molecule has 1 atom stereocenters. The Balaban J connectivity index is 1.56. The summed E-state index contributed by atoms with van der Waals surface area (Å²) < 4.78 is 1.16. The zero-order valence-electron chi connectivity index (χ0n) is 13.8. The summed E-state index contributed by atoms with van der Waals surface area (Å²) in [6, 6.07) is 9.03. The zero-order chi connectivity index (χ0) is 16.8. The summed E-state index contributed by atoms with van der Waals surface area (Å²) in [6.45, 7) is 4.07. The Kier molecular flexibility index (Phi) is 6.71.